The third-order valence-electron chi connectivity index (χ3n) is 2.94. The molecule has 1 N–H and O–H groups in total. The Morgan fingerprint density at radius 3 is 2.64 bits per heavy atom. The zero-order chi connectivity index (χ0) is 10.2. The van der Waals surface area contributed by atoms with E-state index in [0.29, 0.717) is 12.0 Å². The highest BCUT2D eigenvalue weighted by Gasteiger charge is 2.41. The van der Waals surface area contributed by atoms with Crippen LogP contribution >= 0.6 is 0 Å². The van der Waals surface area contributed by atoms with Gasteiger partial charge >= 0.3 is 0 Å². The molecular formula is C11H13F2N. The van der Waals surface area contributed by atoms with Crippen LogP contribution in [0.25, 0.3) is 0 Å². The number of hydrogen-bond acceptors (Lipinski definition) is 1. The molecule has 1 fully saturated rings. The molecule has 0 atom stereocenters. The molecule has 1 aliphatic carbocycles. The summed E-state index contributed by atoms with van der Waals surface area (Å²) < 4.78 is 26.2. The molecule has 76 valence electrons. The fraction of sp³-hybridized carbons (Fsp3) is 0.455. The van der Waals surface area contributed by atoms with Crippen LogP contribution in [0, 0.1) is 11.6 Å². The first-order chi connectivity index (χ1) is 6.67. The van der Waals surface area contributed by atoms with Gasteiger partial charge in [-0.15, -0.1) is 0 Å². The number of hydrogen-bond donors (Lipinski definition) is 1. The van der Waals surface area contributed by atoms with E-state index in [4.69, 9.17) is 0 Å². The Morgan fingerprint density at radius 2 is 2.07 bits per heavy atom. The molecule has 0 spiro atoms. The van der Waals surface area contributed by atoms with Crippen molar-refractivity contribution in [3.05, 3.63) is 35.4 Å². The summed E-state index contributed by atoms with van der Waals surface area (Å²) in [6.45, 7) is 0. The monoisotopic (exact) mass is 197 g/mol. The Bertz CT molecular complexity index is 345. The summed E-state index contributed by atoms with van der Waals surface area (Å²) in [6.07, 6.45) is 2.66. The molecular weight excluding hydrogens is 184 g/mol. The van der Waals surface area contributed by atoms with E-state index in [-0.39, 0.29) is 5.54 Å². The van der Waals surface area contributed by atoms with Gasteiger partial charge in [0.1, 0.15) is 0 Å². The number of benzene rings is 1. The van der Waals surface area contributed by atoms with Crippen molar-refractivity contribution in [1.82, 2.24) is 5.32 Å². The van der Waals surface area contributed by atoms with Crippen molar-refractivity contribution in [1.29, 1.82) is 0 Å². The quantitative estimate of drug-likeness (QED) is 0.783. The smallest absolute Gasteiger partial charge is 0.162 e. The third-order valence-corrected chi connectivity index (χ3v) is 2.94. The molecule has 0 amide bonds. The molecule has 14 heavy (non-hydrogen) atoms. The predicted molar refractivity (Wildman–Crippen MR) is 51.1 cm³/mol. The SMILES string of the molecule is CNC1(Cc2cccc(F)c2F)CC1. The van der Waals surface area contributed by atoms with Gasteiger partial charge < -0.3 is 5.32 Å². The summed E-state index contributed by atoms with van der Waals surface area (Å²) in [6, 6.07) is 4.35. The molecule has 0 saturated heterocycles. The molecule has 1 aromatic carbocycles. The van der Waals surface area contributed by atoms with Crippen molar-refractivity contribution in [2.24, 2.45) is 0 Å². The Morgan fingerprint density at radius 1 is 1.36 bits per heavy atom. The summed E-state index contributed by atoms with van der Waals surface area (Å²) in [5, 5.41) is 3.16. The second-order valence-corrected chi connectivity index (χ2v) is 3.92. The van der Waals surface area contributed by atoms with E-state index in [1.807, 2.05) is 7.05 Å². The molecule has 1 saturated carbocycles. The van der Waals surface area contributed by atoms with E-state index >= 15 is 0 Å². The van der Waals surface area contributed by atoms with E-state index in [1.54, 1.807) is 12.1 Å². The summed E-state index contributed by atoms with van der Waals surface area (Å²) in [5.74, 6) is -1.46. The van der Waals surface area contributed by atoms with E-state index < -0.39 is 11.6 Å². The van der Waals surface area contributed by atoms with E-state index in [9.17, 15) is 8.78 Å². The molecule has 0 aliphatic heterocycles. The summed E-state index contributed by atoms with van der Waals surface area (Å²) in [5.41, 5.74) is 0.492. The molecule has 0 aromatic heterocycles. The van der Waals surface area contributed by atoms with Gasteiger partial charge in [-0.3, -0.25) is 0 Å². The van der Waals surface area contributed by atoms with Gasteiger partial charge in [-0.05, 0) is 37.9 Å². The second kappa shape index (κ2) is 3.31. The Balaban J connectivity index is 2.21. The molecule has 1 aromatic rings. The maximum Gasteiger partial charge on any atom is 0.162 e. The average molecular weight is 197 g/mol. The Hall–Kier alpha value is -0.960. The van der Waals surface area contributed by atoms with Gasteiger partial charge in [-0.25, -0.2) is 8.78 Å². The van der Waals surface area contributed by atoms with Crippen LogP contribution in [0.4, 0.5) is 8.78 Å². The minimum Gasteiger partial charge on any atom is -0.314 e. The van der Waals surface area contributed by atoms with Crippen LogP contribution in [-0.4, -0.2) is 12.6 Å². The normalized spacial score (nSPS) is 18.2. The zero-order valence-corrected chi connectivity index (χ0v) is 8.11. The zero-order valence-electron chi connectivity index (χ0n) is 8.11. The summed E-state index contributed by atoms with van der Waals surface area (Å²) in [4.78, 5) is 0. The molecule has 0 heterocycles. The van der Waals surface area contributed by atoms with Crippen LogP contribution in [0.1, 0.15) is 18.4 Å². The molecule has 2 rings (SSSR count). The Kier molecular flexibility index (Phi) is 2.27. The fourth-order valence-electron chi connectivity index (χ4n) is 1.72. The average Bonchev–Trinajstić information content (AvgIpc) is 2.94. The largest absolute Gasteiger partial charge is 0.314 e. The standard InChI is InChI=1S/C11H13F2N/c1-14-11(5-6-11)7-8-3-2-4-9(12)10(8)13/h2-4,14H,5-7H2,1H3. The molecule has 1 nitrogen and oxygen atoms in total. The van der Waals surface area contributed by atoms with Gasteiger partial charge in [0, 0.05) is 5.54 Å². The van der Waals surface area contributed by atoms with Crippen LogP contribution in [0.2, 0.25) is 0 Å². The van der Waals surface area contributed by atoms with Gasteiger partial charge in [0.2, 0.25) is 0 Å². The lowest BCUT2D eigenvalue weighted by molar-refractivity contribution is 0.478. The molecule has 0 bridgehead atoms. The highest BCUT2D eigenvalue weighted by molar-refractivity contribution is 5.23. The lowest BCUT2D eigenvalue weighted by Crippen LogP contribution is -2.30. The lowest BCUT2D eigenvalue weighted by Gasteiger charge is -2.14. The topological polar surface area (TPSA) is 12.0 Å². The van der Waals surface area contributed by atoms with Gasteiger partial charge in [0.25, 0.3) is 0 Å². The Labute approximate surface area is 82.1 Å². The van der Waals surface area contributed by atoms with Gasteiger partial charge in [0.05, 0.1) is 0 Å². The van der Waals surface area contributed by atoms with Gasteiger partial charge in [-0.1, -0.05) is 12.1 Å². The molecule has 0 radical (unpaired) electrons. The van der Waals surface area contributed by atoms with Gasteiger partial charge in [0.15, 0.2) is 11.6 Å². The van der Waals surface area contributed by atoms with Crippen molar-refractivity contribution in [3.63, 3.8) is 0 Å². The van der Waals surface area contributed by atoms with Crippen molar-refractivity contribution in [3.8, 4) is 0 Å². The lowest BCUT2D eigenvalue weighted by atomic mass is 10.0. The molecule has 3 heteroatoms. The van der Waals surface area contributed by atoms with Crippen LogP contribution in [0.5, 0.6) is 0 Å². The highest BCUT2D eigenvalue weighted by Crippen LogP contribution is 2.38. The molecule has 1 aliphatic rings. The minimum atomic E-state index is -0.755. The first-order valence-electron chi connectivity index (χ1n) is 4.79. The van der Waals surface area contributed by atoms with E-state index in [1.165, 1.54) is 0 Å². The highest BCUT2D eigenvalue weighted by atomic mass is 19.2. The maximum atomic E-state index is 13.3. The maximum absolute atomic E-state index is 13.3. The van der Waals surface area contributed by atoms with Gasteiger partial charge in [-0.2, -0.15) is 0 Å². The van der Waals surface area contributed by atoms with E-state index in [0.717, 1.165) is 18.9 Å². The van der Waals surface area contributed by atoms with Crippen LogP contribution in [0.15, 0.2) is 18.2 Å². The summed E-state index contributed by atoms with van der Waals surface area (Å²) in [7, 11) is 1.87. The van der Waals surface area contributed by atoms with Crippen molar-refractivity contribution < 1.29 is 8.78 Å². The van der Waals surface area contributed by atoms with Crippen LogP contribution in [0.3, 0.4) is 0 Å². The summed E-state index contributed by atoms with van der Waals surface area (Å²) >= 11 is 0. The first-order valence-corrected chi connectivity index (χ1v) is 4.79. The fourth-order valence-corrected chi connectivity index (χ4v) is 1.72. The number of rotatable bonds is 3. The minimum absolute atomic E-state index is 0.0225. The first kappa shape index (κ1) is 9.59. The number of halogens is 2. The number of nitrogens with one attached hydrogen (secondary N) is 1. The van der Waals surface area contributed by atoms with Crippen molar-refractivity contribution >= 4 is 0 Å². The number of likely N-dealkylation sites (N-methyl/N-ethyl adjacent to an activating group) is 1. The second-order valence-electron chi connectivity index (χ2n) is 3.92. The van der Waals surface area contributed by atoms with Crippen molar-refractivity contribution in [2.45, 2.75) is 24.8 Å². The third kappa shape index (κ3) is 1.64. The van der Waals surface area contributed by atoms with Crippen molar-refractivity contribution in [2.75, 3.05) is 7.05 Å². The van der Waals surface area contributed by atoms with E-state index in [2.05, 4.69) is 5.32 Å². The predicted octanol–water partition coefficient (Wildman–Crippen LogP) is 2.26. The van der Waals surface area contributed by atoms with Crippen LogP contribution < -0.4 is 5.32 Å². The molecule has 0 unspecified atom stereocenters. The van der Waals surface area contributed by atoms with Crippen LogP contribution in [-0.2, 0) is 6.42 Å².